The van der Waals surface area contributed by atoms with Gasteiger partial charge < -0.3 is 11.1 Å². The van der Waals surface area contributed by atoms with E-state index in [2.05, 4.69) is 22.4 Å². The highest BCUT2D eigenvalue weighted by Crippen LogP contribution is 2.04. The molecule has 14 heavy (non-hydrogen) atoms. The second-order valence-electron chi connectivity index (χ2n) is 3.22. The van der Waals surface area contributed by atoms with Crippen LogP contribution in [0.25, 0.3) is 0 Å². The lowest BCUT2D eigenvalue weighted by Gasteiger charge is -2.09. The Hall–Kier alpha value is -1.36. The Balaban J connectivity index is 2.34. The third kappa shape index (κ3) is 3.18. The molecule has 0 saturated carbocycles. The summed E-state index contributed by atoms with van der Waals surface area (Å²) >= 11 is 0. The van der Waals surface area contributed by atoms with E-state index in [1.807, 2.05) is 0 Å². The Labute approximate surface area is 83.1 Å². The smallest absolute Gasteiger partial charge is 0.241 e. The van der Waals surface area contributed by atoms with Crippen molar-refractivity contribution in [3.05, 3.63) is 12.4 Å². The average Bonchev–Trinajstić information content (AvgIpc) is 2.66. The second kappa shape index (κ2) is 5.39. The third-order valence-corrected chi connectivity index (χ3v) is 1.97. The Kier molecular flexibility index (Phi) is 4.12. The molecule has 1 amide bonds. The van der Waals surface area contributed by atoms with Crippen molar-refractivity contribution in [1.29, 1.82) is 0 Å². The van der Waals surface area contributed by atoms with Gasteiger partial charge in [0.15, 0.2) is 0 Å². The Morgan fingerprint density at radius 2 is 2.57 bits per heavy atom. The fourth-order valence-corrected chi connectivity index (χ4v) is 1.11. The minimum atomic E-state index is -0.426. The van der Waals surface area contributed by atoms with Crippen molar-refractivity contribution in [2.45, 2.75) is 32.2 Å². The van der Waals surface area contributed by atoms with E-state index >= 15 is 0 Å². The van der Waals surface area contributed by atoms with Gasteiger partial charge in [-0.25, -0.2) is 0 Å². The standard InChI is InChI=1S/C9H16N4O/c1-2-3-4-8(10)9(14)13-7-5-11-12-6-7/h5-6,8H,2-4,10H2,1H3,(H,11,12)(H,13,14)/t8-/m0/s1. The quantitative estimate of drug-likeness (QED) is 0.653. The largest absolute Gasteiger partial charge is 0.322 e. The summed E-state index contributed by atoms with van der Waals surface area (Å²) < 4.78 is 0. The molecule has 1 atom stereocenters. The summed E-state index contributed by atoms with van der Waals surface area (Å²) in [5, 5.41) is 9.00. The molecule has 5 nitrogen and oxygen atoms in total. The number of aromatic nitrogens is 2. The van der Waals surface area contributed by atoms with Crippen molar-refractivity contribution < 1.29 is 4.79 Å². The molecule has 1 rings (SSSR count). The molecule has 5 heteroatoms. The molecule has 0 aliphatic rings. The Morgan fingerprint density at radius 1 is 1.79 bits per heavy atom. The van der Waals surface area contributed by atoms with E-state index in [1.165, 1.54) is 0 Å². The first kappa shape index (κ1) is 10.7. The maximum absolute atomic E-state index is 11.4. The molecule has 78 valence electrons. The van der Waals surface area contributed by atoms with Crippen LogP contribution in [0.1, 0.15) is 26.2 Å². The fraction of sp³-hybridized carbons (Fsp3) is 0.556. The number of nitrogens with zero attached hydrogens (tertiary/aromatic N) is 1. The first-order valence-corrected chi connectivity index (χ1v) is 4.79. The van der Waals surface area contributed by atoms with Crippen LogP contribution < -0.4 is 11.1 Å². The Bertz CT molecular complexity index is 270. The predicted molar refractivity (Wildman–Crippen MR) is 54.7 cm³/mol. The molecule has 0 aliphatic heterocycles. The summed E-state index contributed by atoms with van der Waals surface area (Å²) in [6.45, 7) is 2.07. The molecular formula is C9H16N4O. The van der Waals surface area contributed by atoms with Gasteiger partial charge in [0.1, 0.15) is 0 Å². The number of carbonyl (C=O) groups excluding carboxylic acids is 1. The highest BCUT2D eigenvalue weighted by Gasteiger charge is 2.12. The number of carbonyl (C=O) groups is 1. The van der Waals surface area contributed by atoms with Gasteiger partial charge in [-0.3, -0.25) is 9.89 Å². The first-order valence-electron chi connectivity index (χ1n) is 4.79. The van der Waals surface area contributed by atoms with E-state index in [9.17, 15) is 4.79 Å². The van der Waals surface area contributed by atoms with E-state index in [0.29, 0.717) is 5.69 Å². The summed E-state index contributed by atoms with van der Waals surface area (Å²) in [4.78, 5) is 11.4. The van der Waals surface area contributed by atoms with E-state index in [-0.39, 0.29) is 5.91 Å². The number of aromatic amines is 1. The van der Waals surface area contributed by atoms with Crippen molar-refractivity contribution >= 4 is 11.6 Å². The fourth-order valence-electron chi connectivity index (χ4n) is 1.11. The van der Waals surface area contributed by atoms with E-state index in [1.54, 1.807) is 12.4 Å². The minimum Gasteiger partial charge on any atom is -0.322 e. The molecule has 0 aromatic carbocycles. The minimum absolute atomic E-state index is 0.153. The lowest BCUT2D eigenvalue weighted by atomic mass is 10.1. The van der Waals surface area contributed by atoms with Crippen LogP contribution in [-0.4, -0.2) is 22.1 Å². The van der Waals surface area contributed by atoms with Crippen LogP contribution in [0.2, 0.25) is 0 Å². The van der Waals surface area contributed by atoms with Crippen LogP contribution in [0.4, 0.5) is 5.69 Å². The third-order valence-electron chi connectivity index (χ3n) is 1.97. The molecule has 0 unspecified atom stereocenters. The lowest BCUT2D eigenvalue weighted by Crippen LogP contribution is -2.35. The van der Waals surface area contributed by atoms with Gasteiger partial charge in [-0.05, 0) is 6.42 Å². The molecule has 4 N–H and O–H groups in total. The number of nitrogens with two attached hydrogens (primary N) is 1. The number of hydrogen-bond donors (Lipinski definition) is 3. The summed E-state index contributed by atoms with van der Waals surface area (Å²) in [5.41, 5.74) is 6.33. The molecule has 1 aromatic heterocycles. The van der Waals surface area contributed by atoms with Gasteiger partial charge in [0.25, 0.3) is 0 Å². The summed E-state index contributed by atoms with van der Waals surface area (Å²) in [6.07, 6.45) is 5.90. The van der Waals surface area contributed by atoms with Crippen molar-refractivity contribution in [3.63, 3.8) is 0 Å². The second-order valence-corrected chi connectivity index (χ2v) is 3.22. The number of nitrogens with one attached hydrogen (secondary N) is 2. The van der Waals surface area contributed by atoms with Crippen molar-refractivity contribution in [1.82, 2.24) is 10.2 Å². The maximum atomic E-state index is 11.4. The zero-order valence-corrected chi connectivity index (χ0v) is 8.29. The topological polar surface area (TPSA) is 83.8 Å². The molecule has 0 saturated heterocycles. The van der Waals surface area contributed by atoms with Crippen LogP contribution in [0.5, 0.6) is 0 Å². The zero-order chi connectivity index (χ0) is 10.4. The summed E-state index contributed by atoms with van der Waals surface area (Å²) in [5.74, 6) is -0.153. The summed E-state index contributed by atoms with van der Waals surface area (Å²) in [6, 6.07) is -0.426. The number of H-pyrrole nitrogens is 1. The van der Waals surface area contributed by atoms with Crippen molar-refractivity contribution in [2.24, 2.45) is 5.73 Å². The van der Waals surface area contributed by atoms with Crippen LogP contribution in [0.3, 0.4) is 0 Å². The number of amides is 1. The molecular weight excluding hydrogens is 180 g/mol. The van der Waals surface area contributed by atoms with Gasteiger partial charge in [0.05, 0.1) is 17.9 Å². The normalized spacial score (nSPS) is 12.4. The number of unbranched alkanes of at least 4 members (excludes halogenated alkanes) is 1. The highest BCUT2D eigenvalue weighted by atomic mass is 16.2. The van der Waals surface area contributed by atoms with Crippen LogP contribution in [-0.2, 0) is 4.79 Å². The van der Waals surface area contributed by atoms with Gasteiger partial charge in [-0.2, -0.15) is 5.10 Å². The molecule has 1 heterocycles. The average molecular weight is 196 g/mol. The van der Waals surface area contributed by atoms with Gasteiger partial charge in [-0.15, -0.1) is 0 Å². The monoisotopic (exact) mass is 196 g/mol. The van der Waals surface area contributed by atoms with E-state index < -0.39 is 6.04 Å². The van der Waals surface area contributed by atoms with Gasteiger partial charge >= 0.3 is 0 Å². The first-order chi connectivity index (χ1) is 6.74. The molecule has 0 bridgehead atoms. The molecule has 0 radical (unpaired) electrons. The van der Waals surface area contributed by atoms with Gasteiger partial charge in [0.2, 0.25) is 5.91 Å². The maximum Gasteiger partial charge on any atom is 0.241 e. The molecule has 0 fully saturated rings. The number of rotatable bonds is 5. The molecule has 1 aromatic rings. The number of anilines is 1. The predicted octanol–water partition coefficient (Wildman–Crippen LogP) is 0.866. The molecule has 0 aliphatic carbocycles. The summed E-state index contributed by atoms with van der Waals surface area (Å²) in [7, 11) is 0. The Morgan fingerprint density at radius 3 is 3.14 bits per heavy atom. The van der Waals surface area contributed by atoms with Gasteiger partial charge in [-0.1, -0.05) is 19.8 Å². The van der Waals surface area contributed by atoms with Crippen LogP contribution >= 0.6 is 0 Å². The van der Waals surface area contributed by atoms with Crippen LogP contribution in [0.15, 0.2) is 12.4 Å². The van der Waals surface area contributed by atoms with Crippen molar-refractivity contribution in [2.75, 3.05) is 5.32 Å². The van der Waals surface area contributed by atoms with Crippen LogP contribution in [0, 0.1) is 0 Å². The van der Waals surface area contributed by atoms with Gasteiger partial charge in [0, 0.05) is 6.20 Å². The molecule has 0 spiro atoms. The lowest BCUT2D eigenvalue weighted by molar-refractivity contribution is -0.117. The number of hydrogen-bond acceptors (Lipinski definition) is 3. The van der Waals surface area contributed by atoms with Crippen molar-refractivity contribution in [3.8, 4) is 0 Å². The zero-order valence-electron chi connectivity index (χ0n) is 8.29. The highest BCUT2D eigenvalue weighted by molar-refractivity contribution is 5.94. The van der Waals surface area contributed by atoms with E-state index in [4.69, 9.17) is 5.73 Å². The van der Waals surface area contributed by atoms with E-state index in [0.717, 1.165) is 19.3 Å². The SMILES string of the molecule is CCCC[C@H](N)C(=O)Nc1cn[nH]c1.